The lowest BCUT2D eigenvalue weighted by atomic mass is 10.1. The molecule has 0 bridgehead atoms. The van der Waals surface area contributed by atoms with Crippen molar-refractivity contribution in [2.24, 2.45) is 0 Å². The summed E-state index contributed by atoms with van der Waals surface area (Å²) in [5.41, 5.74) is 1.69. The molecule has 2 aromatic carbocycles. The molecule has 0 fully saturated rings. The number of ether oxygens (including phenoxy) is 2. The average Bonchev–Trinajstić information content (AvgIpc) is 3.33. The summed E-state index contributed by atoms with van der Waals surface area (Å²) >= 11 is 0. The number of benzene rings is 2. The molecular formula is C20H17N3O4. The van der Waals surface area contributed by atoms with Crippen LogP contribution in [0.25, 0.3) is 6.08 Å². The van der Waals surface area contributed by atoms with Gasteiger partial charge in [-0.1, -0.05) is 41.6 Å². The van der Waals surface area contributed by atoms with Crippen molar-refractivity contribution in [2.45, 2.75) is 13.0 Å². The molecule has 1 N–H and O–H groups in total. The molecule has 1 unspecified atom stereocenters. The summed E-state index contributed by atoms with van der Waals surface area (Å²) < 4.78 is 15.9. The highest BCUT2D eigenvalue weighted by Gasteiger charge is 2.21. The van der Waals surface area contributed by atoms with Crippen molar-refractivity contribution in [3.8, 4) is 11.5 Å². The van der Waals surface area contributed by atoms with Crippen molar-refractivity contribution in [1.29, 1.82) is 0 Å². The van der Waals surface area contributed by atoms with Crippen molar-refractivity contribution in [3.05, 3.63) is 77.4 Å². The first-order chi connectivity index (χ1) is 13.2. The Labute approximate surface area is 155 Å². The minimum atomic E-state index is -0.527. The molecule has 1 aliphatic heterocycles. The average molecular weight is 363 g/mol. The third-order valence-electron chi connectivity index (χ3n) is 4.03. The summed E-state index contributed by atoms with van der Waals surface area (Å²) in [6.07, 6.45) is 3.16. The highest BCUT2D eigenvalue weighted by atomic mass is 16.7. The fourth-order valence-electron chi connectivity index (χ4n) is 2.74. The first-order valence-electron chi connectivity index (χ1n) is 8.42. The standard InChI is InChI=1S/C20H17N3O4/c1-13-21-20(27-23-13)19(15-5-3-2-4-6-15)22-18(24)10-8-14-7-9-16-17(11-14)26-12-25-16/h2-11,19H,12H2,1H3,(H,22,24)/b10-8+. The smallest absolute Gasteiger partial charge is 0.253 e. The lowest BCUT2D eigenvalue weighted by molar-refractivity contribution is -0.117. The van der Waals surface area contributed by atoms with Gasteiger partial charge in [0, 0.05) is 6.08 Å². The van der Waals surface area contributed by atoms with Gasteiger partial charge in [-0.15, -0.1) is 0 Å². The molecule has 0 saturated carbocycles. The zero-order chi connectivity index (χ0) is 18.6. The monoisotopic (exact) mass is 363 g/mol. The Hall–Kier alpha value is -3.61. The van der Waals surface area contributed by atoms with E-state index in [1.807, 2.05) is 48.5 Å². The van der Waals surface area contributed by atoms with Gasteiger partial charge in [0.15, 0.2) is 17.3 Å². The van der Waals surface area contributed by atoms with E-state index in [4.69, 9.17) is 14.0 Å². The van der Waals surface area contributed by atoms with E-state index in [0.717, 1.165) is 11.1 Å². The molecular weight excluding hydrogens is 346 g/mol. The van der Waals surface area contributed by atoms with Crippen LogP contribution in [0.2, 0.25) is 0 Å². The Morgan fingerprint density at radius 2 is 1.96 bits per heavy atom. The number of aryl methyl sites for hydroxylation is 1. The van der Waals surface area contributed by atoms with E-state index >= 15 is 0 Å². The number of amides is 1. The zero-order valence-corrected chi connectivity index (χ0v) is 14.6. The maximum atomic E-state index is 12.5. The van der Waals surface area contributed by atoms with E-state index in [0.29, 0.717) is 23.2 Å². The van der Waals surface area contributed by atoms with Crippen LogP contribution >= 0.6 is 0 Å². The van der Waals surface area contributed by atoms with Crippen molar-refractivity contribution in [1.82, 2.24) is 15.5 Å². The van der Waals surface area contributed by atoms with Gasteiger partial charge in [0.25, 0.3) is 5.89 Å². The molecule has 0 saturated heterocycles. The second-order valence-corrected chi connectivity index (χ2v) is 5.98. The molecule has 1 aromatic heterocycles. The molecule has 2 heterocycles. The lowest BCUT2D eigenvalue weighted by Gasteiger charge is -2.14. The molecule has 0 aliphatic carbocycles. The third kappa shape index (κ3) is 3.82. The number of carbonyl (C=O) groups excluding carboxylic acids is 1. The highest BCUT2D eigenvalue weighted by molar-refractivity contribution is 5.92. The second-order valence-electron chi connectivity index (χ2n) is 5.98. The molecule has 1 amide bonds. The minimum Gasteiger partial charge on any atom is -0.454 e. The van der Waals surface area contributed by atoms with Crippen LogP contribution in [-0.2, 0) is 4.79 Å². The Kier molecular flexibility index (Phi) is 4.57. The second kappa shape index (κ2) is 7.33. The molecule has 1 atom stereocenters. The fraction of sp³-hybridized carbons (Fsp3) is 0.150. The van der Waals surface area contributed by atoms with Crippen LogP contribution in [-0.4, -0.2) is 22.8 Å². The van der Waals surface area contributed by atoms with Crippen LogP contribution in [0.15, 0.2) is 59.1 Å². The van der Waals surface area contributed by atoms with Gasteiger partial charge in [-0.2, -0.15) is 4.98 Å². The molecule has 7 heteroatoms. The molecule has 0 spiro atoms. The maximum absolute atomic E-state index is 12.5. The predicted molar refractivity (Wildman–Crippen MR) is 97.1 cm³/mol. The number of fused-ring (bicyclic) bond motifs is 1. The summed E-state index contributed by atoms with van der Waals surface area (Å²) in [4.78, 5) is 16.7. The van der Waals surface area contributed by atoms with Gasteiger partial charge < -0.3 is 19.3 Å². The van der Waals surface area contributed by atoms with E-state index in [1.54, 1.807) is 13.0 Å². The number of hydrogen-bond donors (Lipinski definition) is 1. The fourth-order valence-corrected chi connectivity index (χ4v) is 2.74. The topological polar surface area (TPSA) is 86.5 Å². The Bertz CT molecular complexity index is 982. The van der Waals surface area contributed by atoms with Gasteiger partial charge in [-0.05, 0) is 36.3 Å². The van der Waals surface area contributed by atoms with Gasteiger partial charge in [-0.3, -0.25) is 4.79 Å². The van der Waals surface area contributed by atoms with E-state index in [9.17, 15) is 4.79 Å². The molecule has 4 rings (SSSR count). The van der Waals surface area contributed by atoms with E-state index in [-0.39, 0.29) is 12.7 Å². The van der Waals surface area contributed by atoms with E-state index in [2.05, 4.69) is 15.5 Å². The predicted octanol–water partition coefficient (Wildman–Crippen LogP) is 3.03. The Balaban J connectivity index is 1.51. The molecule has 3 aromatic rings. The lowest BCUT2D eigenvalue weighted by Crippen LogP contribution is -2.28. The Morgan fingerprint density at radius 1 is 1.15 bits per heavy atom. The van der Waals surface area contributed by atoms with Gasteiger partial charge in [0.05, 0.1) is 0 Å². The first-order valence-corrected chi connectivity index (χ1v) is 8.42. The third-order valence-corrected chi connectivity index (χ3v) is 4.03. The number of aromatic nitrogens is 2. The van der Waals surface area contributed by atoms with E-state index < -0.39 is 6.04 Å². The molecule has 7 nitrogen and oxygen atoms in total. The van der Waals surface area contributed by atoms with Gasteiger partial charge >= 0.3 is 0 Å². The maximum Gasteiger partial charge on any atom is 0.253 e. The normalized spacial score (nSPS) is 13.7. The number of nitrogens with one attached hydrogen (secondary N) is 1. The van der Waals surface area contributed by atoms with Crippen LogP contribution in [0.4, 0.5) is 0 Å². The van der Waals surface area contributed by atoms with Crippen LogP contribution in [0.5, 0.6) is 11.5 Å². The van der Waals surface area contributed by atoms with Crippen LogP contribution in [0, 0.1) is 6.92 Å². The summed E-state index contributed by atoms with van der Waals surface area (Å²) in [7, 11) is 0. The number of hydrogen-bond acceptors (Lipinski definition) is 6. The molecule has 27 heavy (non-hydrogen) atoms. The quantitative estimate of drug-likeness (QED) is 0.701. The largest absolute Gasteiger partial charge is 0.454 e. The van der Waals surface area contributed by atoms with Crippen LogP contribution in [0.3, 0.4) is 0 Å². The Morgan fingerprint density at radius 3 is 2.74 bits per heavy atom. The molecule has 136 valence electrons. The highest BCUT2D eigenvalue weighted by Crippen LogP contribution is 2.32. The molecule has 1 aliphatic rings. The first kappa shape index (κ1) is 16.8. The minimum absolute atomic E-state index is 0.214. The summed E-state index contributed by atoms with van der Waals surface area (Å²) in [5.74, 6) is 1.94. The number of rotatable bonds is 5. The van der Waals surface area contributed by atoms with Crippen molar-refractivity contribution >= 4 is 12.0 Å². The van der Waals surface area contributed by atoms with Crippen LogP contribution in [0.1, 0.15) is 28.9 Å². The van der Waals surface area contributed by atoms with Gasteiger partial charge in [0.2, 0.25) is 12.7 Å². The zero-order valence-electron chi connectivity index (χ0n) is 14.6. The van der Waals surface area contributed by atoms with Crippen molar-refractivity contribution in [2.75, 3.05) is 6.79 Å². The summed E-state index contributed by atoms with van der Waals surface area (Å²) in [6.45, 7) is 1.95. The number of carbonyl (C=O) groups is 1. The summed E-state index contributed by atoms with van der Waals surface area (Å²) in [5, 5.41) is 6.72. The van der Waals surface area contributed by atoms with Crippen LogP contribution < -0.4 is 14.8 Å². The van der Waals surface area contributed by atoms with E-state index in [1.165, 1.54) is 6.08 Å². The number of nitrogens with zero attached hydrogens (tertiary/aromatic N) is 2. The molecule has 0 radical (unpaired) electrons. The summed E-state index contributed by atoms with van der Waals surface area (Å²) in [6, 6.07) is 14.4. The van der Waals surface area contributed by atoms with Gasteiger partial charge in [0.1, 0.15) is 6.04 Å². The SMILES string of the molecule is Cc1noc(C(NC(=O)/C=C/c2ccc3c(c2)OCO3)c2ccccc2)n1. The van der Waals surface area contributed by atoms with Gasteiger partial charge in [-0.25, -0.2) is 0 Å². The van der Waals surface area contributed by atoms with Crippen molar-refractivity contribution < 1.29 is 18.8 Å². The van der Waals surface area contributed by atoms with Crippen molar-refractivity contribution in [3.63, 3.8) is 0 Å².